The van der Waals surface area contributed by atoms with E-state index in [1.807, 2.05) is 0 Å². The monoisotopic (exact) mass is 289 g/mol. The molecule has 1 amide bonds. The molecule has 0 saturated heterocycles. The third-order valence-electron chi connectivity index (χ3n) is 4.94. The van der Waals surface area contributed by atoms with E-state index in [4.69, 9.17) is 0 Å². The maximum absolute atomic E-state index is 12.3. The standard InChI is InChI=1S/C19H31NO/c1-4-5-13-20(19(21)18-10-11-18)14-12-16(3)17-8-6-15(2)7-9-17/h6,12,17-18H,4-5,7-11,13-14H2,1-3H3/b16-12-. The van der Waals surface area contributed by atoms with Gasteiger partial charge in [-0.3, -0.25) is 4.79 Å². The molecule has 0 aromatic heterocycles. The average molecular weight is 289 g/mol. The molecular weight excluding hydrogens is 258 g/mol. The van der Waals surface area contributed by atoms with Gasteiger partial charge in [0.15, 0.2) is 0 Å². The second-order valence-electron chi connectivity index (χ2n) is 6.88. The van der Waals surface area contributed by atoms with Crippen molar-refractivity contribution < 1.29 is 4.79 Å². The molecule has 2 nitrogen and oxygen atoms in total. The van der Waals surface area contributed by atoms with Crippen molar-refractivity contribution in [1.29, 1.82) is 0 Å². The van der Waals surface area contributed by atoms with E-state index in [9.17, 15) is 4.79 Å². The van der Waals surface area contributed by atoms with Crippen LogP contribution in [0, 0.1) is 11.8 Å². The molecule has 1 saturated carbocycles. The van der Waals surface area contributed by atoms with Crippen molar-refractivity contribution in [3.05, 3.63) is 23.3 Å². The Bertz CT molecular complexity index is 417. The first-order valence-corrected chi connectivity index (χ1v) is 8.73. The smallest absolute Gasteiger partial charge is 0.225 e. The van der Waals surface area contributed by atoms with Crippen LogP contribution in [0.25, 0.3) is 0 Å². The highest BCUT2D eigenvalue weighted by molar-refractivity contribution is 5.81. The number of allylic oxidation sites excluding steroid dienone is 3. The number of rotatable bonds is 7. The molecule has 0 spiro atoms. The Morgan fingerprint density at radius 2 is 2.10 bits per heavy atom. The lowest BCUT2D eigenvalue weighted by molar-refractivity contribution is -0.132. The van der Waals surface area contributed by atoms with Crippen molar-refractivity contribution in [3.63, 3.8) is 0 Å². The summed E-state index contributed by atoms with van der Waals surface area (Å²) in [7, 11) is 0. The van der Waals surface area contributed by atoms with Gasteiger partial charge in [-0.25, -0.2) is 0 Å². The second kappa shape index (κ2) is 7.82. The molecule has 0 aliphatic heterocycles. The lowest BCUT2D eigenvalue weighted by Gasteiger charge is -2.24. The van der Waals surface area contributed by atoms with Gasteiger partial charge >= 0.3 is 0 Å². The van der Waals surface area contributed by atoms with E-state index in [2.05, 4.69) is 37.8 Å². The molecule has 0 N–H and O–H groups in total. The maximum atomic E-state index is 12.3. The van der Waals surface area contributed by atoms with Crippen LogP contribution < -0.4 is 0 Å². The summed E-state index contributed by atoms with van der Waals surface area (Å²) < 4.78 is 0. The first-order chi connectivity index (χ1) is 10.1. The number of amides is 1. The topological polar surface area (TPSA) is 20.3 Å². The minimum atomic E-state index is 0.343. The van der Waals surface area contributed by atoms with Crippen LogP contribution in [-0.4, -0.2) is 23.9 Å². The van der Waals surface area contributed by atoms with E-state index in [1.165, 1.54) is 30.4 Å². The van der Waals surface area contributed by atoms with Gasteiger partial charge < -0.3 is 4.90 Å². The first-order valence-electron chi connectivity index (χ1n) is 8.73. The third-order valence-corrected chi connectivity index (χ3v) is 4.94. The lowest BCUT2D eigenvalue weighted by atomic mass is 9.85. The minimum absolute atomic E-state index is 0.343. The van der Waals surface area contributed by atoms with Gasteiger partial charge in [0.05, 0.1) is 0 Å². The summed E-state index contributed by atoms with van der Waals surface area (Å²) in [5, 5.41) is 0. The summed E-state index contributed by atoms with van der Waals surface area (Å²) in [4.78, 5) is 14.4. The fourth-order valence-corrected chi connectivity index (χ4v) is 3.03. The van der Waals surface area contributed by atoms with E-state index in [-0.39, 0.29) is 0 Å². The van der Waals surface area contributed by atoms with E-state index >= 15 is 0 Å². The van der Waals surface area contributed by atoms with Crippen molar-refractivity contribution in [2.75, 3.05) is 13.1 Å². The zero-order chi connectivity index (χ0) is 15.2. The molecule has 0 radical (unpaired) electrons. The van der Waals surface area contributed by atoms with Crippen molar-refractivity contribution >= 4 is 5.91 Å². The molecular formula is C19H31NO. The zero-order valence-corrected chi connectivity index (χ0v) is 14.0. The molecule has 2 rings (SSSR count). The Morgan fingerprint density at radius 3 is 2.67 bits per heavy atom. The summed E-state index contributed by atoms with van der Waals surface area (Å²) in [6.07, 6.45) is 12.9. The van der Waals surface area contributed by atoms with Crippen LogP contribution in [-0.2, 0) is 4.79 Å². The maximum Gasteiger partial charge on any atom is 0.225 e. The van der Waals surface area contributed by atoms with E-state index < -0.39 is 0 Å². The van der Waals surface area contributed by atoms with Crippen molar-refractivity contribution in [1.82, 2.24) is 4.90 Å². The summed E-state index contributed by atoms with van der Waals surface area (Å²) in [5.74, 6) is 1.43. The normalized spacial score (nSPS) is 22.9. The third kappa shape index (κ3) is 5.01. The number of carbonyl (C=O) groups is 1. The van der Waals surface area contributed by atoms with Crippen LogP contribution >= 0.6 is 0 Å². The molecule has 2 aliphatic rings. The quantitative estimate of drug-likeness (QED) is 0.621. The highest BCUT2D eigenvalue weighted by Crippen LogP contribution is 2.32. The average Bonchev–Trinajstić information content (AvgIpc) is 3.32. The molecule has 1 atom stereocenters. The molecule has 0 bridgehead atoms. The molecule has 0 aromatic rings. The lowest BCUT2D eigenvalue weighted by Crippen LogP contribution is -2.33. The Balaban J connectivity index is 1.89. The van der Waals surface area contributed by atoms with Gasteiger partial charge in [0.1, 0.15) is 0 Å². The Morgan fingerprint density at radius 1 is 1.33 bits per heavy atom. The highest BCUT2D eigenvalue weighted by atomic mass is 16.2. The molecule has 0 aromatic carbocycles. The minimum Gasteiger partial charge on any atom is -0.339 e. The van der Waals surface area contributed by atoms with Gasteiger partial charge in [-0.1, -0.05) is 36.6 Å². The van der Waals surface area contributed by atoms with Crippen LogP contribution in [0.15, 0.2) is 23.3 Å². The summed E-state index contributed by atoms with van der Waals surface area (Å²) in [5.41, 5.74) is 3.01. The van der Waals surface area contributed by atoms with Crippen LogP contribution in [0.3, 0.4) is 0 Å². The van der Waals surface area contributed by atoms with Crippen LogP contribution in [0.1, 0.15) is 65.7 Å². The number of carbonyl (C=O) groups excluding carboxylic acids is 1. The molecule has 2 heteroatoms. The van der Waals surface area contributed by atoms with Crippen LogP contribution in [0.5, 0.6) is 0 Å². The zero-order valence-electron chi connectivity index (χ0n) is 14.0. The highest BCUT2D eigenvalue weighted by Gasteiger charge is 2.32. The van der Waals surface area contributed by atoms with E-state index in [0.29, 0.717) is 17.7 Å². The molecule has 21 heavy (non-hydrogen) atoms. The van der Waals surface area contributed by atoms with E-state index in [0.717, 1.165) is 38.8 Å². The van der Waals surface area contributed by atoms with Gasteiger partial charge in [-0.2, -0.15) is 0 Å². The van der Waals surface area contributed by atoms with Gasteiger partial charge in [0, 0.05) is 19.0 Å². The molecule has 1 fully saturated rings. The number of hydrogen-bond acceptors (Lipinski definition) is 1. The number of unbranched alkanes of at least 4 members (excludes halogenated alkanes) is 1. The van der Waals surface area contributed by atoms with E-state index in [1.54, 1.807) is 0 Å². The second-order valence-corrected chi connectivity index (χ2v) is 6.88. The molecule has 0 heterocycles. The Labute approximate surface area is 130 Å². The summed E-state index contributed by atoms with van der Waals surface area (Å²) in [6.45, 7) is 8.42. The summed E-state index contributed by atoms with van der Waals surface area (Å²) in [6, 6.07) is 0. The Kier molecular flexibility index (Phi) is 6.08. The number of nitrogens with zero attached hydrogens (tertiary/aromatic N) is 1. The van der Waals surface area contributed by atoms with Crippen LogP contribution in [0.2, 0.25) is 0 Å². The molecule has 2 aliphatic carbocycles. The van der Waals surface area contributed by atoms with Gasteiger partial charge in [-0.05, 0) is 58.3 Å². The number of hydrogen-bond donors (Lipinski definition) is 0. The van der Waals surface area contributed by atoms with Crippen molar-refractivity contribution in [2.45, 2.75) is 65.7 Å². The van der Waals surface area contributed by atoms with Gasteiger partial charge in [0.25, 0.3) is 0 Å². The van der Waals surface area contributed by atoms with Gasteiger partial charge in [0.2, 0.25) is 5.91 Å². The molecule has 118 valence electrons. The fraction of sp³-hybridized carbons (Fsp3) is 0.737. The largest absolute Gasteiger partial charge is 0.339 e. The molecule has 1 unspecified atom stereocenters. The van der Waals surface area contributed by atoms with Crippen LogP contribution in [0.4, 0.5) is 0 Å². The Hall–Kier alpha value is -1.05. The van der Waals surface area contributed by atoms with Crippen molar-refractivity contribution in [3.8, 4) is 0 Å². The summed E-state index contributed by atoms with van der Waals surface area (Å²) >= 11 is 0. The van der Waals surface area contributed by atoms with Crippen molar-refractivity contribution in [2.24, 2.45) is 11.8 Å². The SMILES string of the molecule is CCCCN(C/C=C(/C)C1CC=C(C)CC1)C(=O)C1CC1. The fourth-order valence-electron chi connectivity index (χ4n) is 3.03. The predicted octanol–water partition coefficient (Wildman–Crippen LogP) is 4.72. The first kappa shape index (κ1) is 16.3. The predicted molar refractivity (Wildman–Crippen MR) is 89.1 cm³/mol. The van der Waals surface area contributed by atoms with Gasteiger partial charge in [-0.15, -0.1) is 0 Å².